The molecule has 2 N–H and O–H groups in total. The van der Waals surface area contributed by atoms with Crippen molar-refractivity contribution in [3.8, 4) is 0 Å². The summed E-state index contributed by atoms with van der Waals surface area (Å²) >= 11 is 0. The lowest BCUT2D eigenvalue weighted by molar-refractivity contribution is -0.122. The molecule has 1 amide bonds. The Morgan fingerprint density at radius 2 is 2.00 bits per heavy atom. The fourth-order valence-electron chi connectivity index (χ4n) is 4.21. The van der Waals surface area contributed by atoms with Crippen LogP contribution in [0, 0.1) is 11.8 Å². The van der Waals surface area contributed by atoms with E-state index in [1.807, 2.05) is 0 Å². The Morgan fingerprint density at radius 1 is 1.21 bits per heavy atom. The van der Waals surface area contributed by atoms with E-state index in [-0.39, 0.29) is 11.8 Å². The van der Waals surface area contributed by atoms with Gasteiger partial charge in [-0.25, -0.2) is 9.97 Å². The predicted octanol–water partition coefficient (Wildman–Crippen LogP) is 2.46. The van der Waals surface area contributed by atoms with Gasteiger partial charge in [0, 0.05) is 24.4 Å². The Kier molecular flexibility index (Phi) is 3.87. The maximum atomic E-state index is 11.4. The minimum absolute atomic E-state index is 0.00381. The van der Waals surface area contributed by atoms with Gasteiger partial charge in [0.1, 0.15) is 12.1 Å². The minimum Gasteiger partial charge on any atom is -0.369 e. The molecule has 2 heterocycles. The molecule has 0 bridgehead atoms. The van der Waals surface area contributed by atoms with Crippen LogP contribution in [0.25, 0.3) is 10.9 Å². The molecular weight excluding hydrogens is 300 g/mol. The molecule has 0 saturated carbocycles. The molecule has 1 aromatic carbocycles. The number of carbonyl (C=O) groups is 1. The molecule has 1 aliphatic heterocycles. The summed E-state index contributed by atoms with van der Waals surface area (Å²) in [6.45, 7) is 3.99. The van der Waals surface area contributed by atoms with Crippen molar-refractivity contribution < 1.29 is 4.79 Å². The number of rotatable bonds is 2. The number of hydrogen-bond donors (Lipinski definition) is 1. The van der Waals surface area contributed by atoms with Crippen LogP contribution in [0.5, 0.6) is 0 Å². The average molecular weight is 324 g/mol. The summed E-state index contributed by atoms with van der Waals surface area (Å²) in [5.74, 6) is 1.61. The molecule has 1 aliphatic carbocycles. The molecule has 0 radical (unpaired) electrons. The smallest absolute Gasteiger partial charge is 0.220 e. The van der Waals surface area contributed by atoms with Gasteiger partial charge in [0.25, 0.3) is 0 Å². The zero-order valence-electron chi connectivity index (χ0n) is 14.2. The Morgan fingerprint density at radius 3 is 2.75 bits per heavy atom. The number of aromatic nitrogens is 2. The lowest BCUT2D eigenvalue weighted by Gasteiger charge is -2.33. The number of fused-ring (bicyclic) bond motifs is 3. The third kappa shape index (κ3) is 2.62. The van der Waals surface area contributed by atoms with Crippen LogP contribution in [-0.4, -0.2) is 29.0 Å². The van der Waals surface area contributed by atoms with Gasteiger partial charge in [0.2, 0.25) is 5.91 Å². The summed E-state index contributed by atoms with van der Waals surface area (Å²) in [5.41, 5.74) is 9.37. The first kappa shape index (κ1) is 15.4. The van der Waals surface area contributed by atoms with E-state index in [0.717, 1.165) is 56.0 Å². The molecule has 1 saturated heterocycles. The molecule has 0 spiro atoms. The SMILES string of the molecule is CC1CCc2c(ccc3ncnc(N4CCC(C(N)=O)CC4)c23)C1. The maximum Gasteiger partial charge on any atom is 0.220 e. The van der Waals surface area contributed by atoms with E-state index in [9.17, 15) is 4.79 Å². The Bertz CT molecular complexity index is 780. The van der Waals surface area contributed by atoms with Crippen LogP contribution in [-0.2, 0) is 17.6 Å². The maximum absolute atomic E-state index is 11.4. The lowest BCUT2D eigenvalue weighted by Crippen LogP contribution is -2.39. The van der Waals surface area contributed by atoms with Gasteiger partial charge in [-0.3, -0.25) is 4.79 Å². The first-order valence-electron chi connectivity index (χ1n) is 8.93. The summed E-state index contributed by atoms with van der Waals surface area (Å²) in [5, 5.41) is 1.22. The van der Waals surface area contributed by atoms with Gasteiger partial charge in [0.05, 0.1) is 5.52 Å². The van der Waals surface area contributed by atoms with Crippen molar-refractivity contribution >= 4 is 22.6 Å². The van der Waals surface area contributed by atoms with Crippen LogP contribution in [0.3, 0.4) is 0 Å². The quantitative estimate of drug-likeness (QED) is 0.921. The zero-order valence-corrected chi connectivity index (χ0v) is 14.2. The van der Waals surface area contributed by atoms with Crippen molar-refractivity contribution in [2.24, 2.45) is 17.6 Å². The summed E-state index contributed by atoms with van der Waals surface area (Å²) in [4.78, 5) is 22.8. The topological polar surface area (TPSA) is 72.1 Å². The van der Waals surface area contributed by atoms with Gasteiger partial charge in [-0.05, 0) is 55.2 Å². The molecule has 2 aromatic rings. The summed E-state index contributed by atoms with van der Waals surface area (Å²) < 4.78 is 0. The molecule has 1 fully saturated rings. The summed E-state index contributed by atoms with van der Waals surface area (Å²) in [6.07, 6.45) is 6.76. The van der Waals surface area contributed by atoms with E-state index in [0.29, 0.717) is 0 Å². The van der Waals surface area contributed by atoms with E-state index in [4.69, 9.17) is 5.73 Å². The number of anilines is 1. The number of primary amides is 1. The Hall–Kier alpha value is -2.17. The number of nitrogens with two attached hydrogens (primary N) is 1. The van der Waals surface area contributed by atoms with E-state index >= 15 is 0 Å². The van der Waals surface area contributed by atoms with E-state index in [1.165, 1.54) is 22.9 Å². The molecule has 1 unspecified atom stereocenters. The number of piperidine rings is 1. The number of benzene rings is 1. The highest BCUT2D eigenvalue weighted by Gasteiger charge is 2.27. The summed E-state index contributed by atoms with van der Waals surface area (Å²) in [6, 6.07) is 4.37. The normalized spacial score (nSPS) is 21.7. The van der Waals surface area contributed by atoms with Crippen molar-refractivity contribution in [3.05, 3.63) is 29.6 Å². The van der Waals surface area contributed by atoms with E-state index in [2.05, 4.69) is 33.9 Å². The van der Waals surface area contributed by atoms with Gasteiger partial charge < -0.3 is 10.6 Å². The zero-order chi connectivity index (χ0) is 16.7. The molecular formula is C19H24N4O. The minimum atomic E-state index is -0.173. The first-order valence-corrected chi connectivity index (χ1v) is 8.93. The Labute approximate surface area is 142 Å². The molecule has 1 atom stereocenters. The monoisotopic (exact) mass is 324 g/mol. The van der Waals surface area contributed by atoms with Crippen molar-refractivity contribution in [1.29, 1.82) is 0 Å². The first-order chi connectivity index (χ1) is 11.6. The molecule has 5 nitrogen and oxygen atoms in total. The van der Waals surface area contributed by atoms with Crippen molar-refractivity contribution in [1.82, 2.24) is 9.97 Å². The molecule has 5 heteroatoms. The molecule has 126 valence electrons. The highest BCUT2D eigenvalue weighted by Crippen LogP contribution is 2.36. The second kappa shape index (κ2) is 6.04. The number of nitrogens with zero attached hydrogens (tertiary/aromatic N) is 3. The third-order valence-electron chi connectivity index (χ3n) is 5.64. The summed E-state index contributed by atoms with van der Waals surface area (Å²) in [7, 11) is 0. The molecule has 24 heavy (non-hydrogen) atoms. The average Bonchev–Trinajstić information content (AvgIpc) is 2.60. The van der Waals surface area contributed by atoms with Crippen LogP contribution in [0.4, 0.5) is 5.82 Å². The number of hydrogen-bond acceptors (Lipinski definition) is 4. The van der Waals surface area contributed by atoms with Crippen molar-refractivity contribution in [3.63, 3.8) is 0 Å². The van der Waals surface area contributed by atoms with Crippen molar-refractivity contribution in [2.45, 2.75) is 39.0 Å². The number of amides is 1. The van der Waals surface area contributed by atoms with Gasteiger partial charge in [-0.15, -0.1) is 0 Å². The van der Waals surface area contributed by atoms with Crippen molar-refractivity contribution in [2.75, 3.05) is 18.0 Å². The number of aryl methyl sites for hydroxylation is 1. The van der Waals surface area contributed by atoms with E-state index in [1.54, 1.807) is 6.33 Å². The second-order valence-electron chi connectivity index (χ2n) is 7.31. The predicted molar refractivity (Wildman–Crippen MR) is 94.9 cm³/mol. The van der Waals surface area contributed by atoms with Gasteiger partial charge in [-0.1, -0.05) is 13.0 Å². The second-order valence-corrected chi connectivity index (χ2v) is 7.31. The molecule has 4 rings (SSSR count). The highest BCUT2D eigenvalue weighted by molar-refractivity contribution is 5.93. The largest absolute Gasteiger partial charge is 0.369 e. The van der Waals surface area contributed by atoms with Gasteiger partial charge in [-0.2, -0.15) is 0 Å². The van der Waals surface area contributed by atoms with Crippen LogP contribution in [0.15, 0.2) is 18.5 Å². The number of carbonyl (C=O) groups excluding carboxylic acids is 1. The van der Waals surface area contributed by atoms with E-state index < -0.39 is 0 Å². The van der Waals surface area contributed by atoms with Crippen LogP contribution < -0.4 is 10.6 Å². The van der Waals surface area contributed by atoms with Crippen LogP contribution in [0.2, 0.25) is 0 Å². The molecule has 1 aromatic heterocycles. The van der Waals surface area contributed by atoms with Gasteiger partial charge >= 0.3 is 0 Å². The standard InChI is InChI=1S/C19H24N4O/c1-12-2-4-15-14(10-12)3-5-16-17(15)19(22-11-21-16)23-8-6-13(7-9-23)18(20)24/h3,5,11-13H,2,4,6-10H2,1H3,(H2,20,24). The lowest BCUT2D eigenvalue weighted by atomic mass is 9.83. The van der Waals surface area contributed by atoms with Gasteiger partial charge in [0.15, 0.2) is 0 Å². The van der Waals surface area contributed by atoms with Crippen LogP contribution >= 0.6 is 0 Å². The Balaban J connectivity index is 1.74. The molecule has 2 aliphatic rings. The fraction of sp³-hybridized carbons (Fsp3) is 0.526. The van der Waals surface area contributed by atoms with Crippen LogP contribution in [0.1, 0.15) is 37.3 Å². The highest BCUT2D eigenvalue weighted by atomic mass is 16.1. The third-order valence-corrected chi connectivity index (χ3v) is 5.64. The fourth-order valence-corrected chi connectivity index (χ4v) is 4.21.